The van der Waals surface area contributed by atoms with Crippen LogP contribution in [0.25, 0.3) is 0 Å². The van der Waals surface area contributed by atoms with Gasteiger partial charge in [-0.15, -0.1) is 0 Å². The summed E-state index contributed by atoms with van der Waals surface area (Å²) in [6.45, 7) is 0. The fraction of sp³-hybridized carbons (Fsp3) is 0. The predicted molar refractivity (Wildman–Crippen MR) is 73.0 cm³/mol. The topological polar surface area (TPSA) is 92.7 Å². The molecule has 2 N–H and O–H groups in total. The van der Waals surface area contributed by atoms with Gasteiger partial charge in [0.05, 0.1) is 5.56 Å². The molecule has 20 heavy (non-hydrogen) atoms. The molecule has 0 atom stereocenters. The zero-order chi connectivity index (χ0) is 14.6. The van der Waals surface area contributed by atoms with Gasteiger partial charge in [-0.05, 0) is 24.3 Å². The molecular formula is C13H11NO5S. The van der Waals surface area contributed by atoms with Crippen molar-refractivity contribution in [3.8, 4) is 5.75 Å². The molecule has 0 saturated heterocycles. The van der Waals surface area contributed by atoms with Crippen molar-refractivity contribution in [2.24, 2.45) is 0 Å². The summed E-state index contributed by atoms with van der Waals surface area (Å²) >= 11 is 0. The number of carbonyl (C=O) groups excluding carboxylic acids is 1. The van der Waals surface area contributed by atoms with E-state index in [1.807, 2.05) is 0 Å². The van der Waals surface area contributed by atoms with E-state index < -0.39 is 16.3 Å². The molecule has 0 aliphatic heterocycles. The average molecular weight is 293 g/mol. The van der Waals surface area contributed by atoms with Crippen LogP contribution in [0.3, 0.4) is 0 Å². The second-order valence-corrected chi connectivity index (χ2v) is 4.85. The van der Waals surface area contributed by atoms with Crippen LogP contribution >= 0.6 is 0 Å². The highest BCUT2D eigenvalue weighted by molar-refractivity contribution is 7.81. The number of anilines is 1. The van der Waals surface area contributed by atoms with Crippen LogP contribution in [0.4, 0.5) is 5.69 Å². The van der Waals surface area contributed by atoms with Gasteiger partial charge >= 0.3 is 10.4 Å². The van der Waals surface area contributed by atoms with Gasteiger partial charge in [-0.2, -0.15) is 8.42 Å². The Bertz CT molecular complexity index is 713. The van der Waals surface area contributed by atoms with Crippen molar-refractivity contribution in [2.75, 3.05) is 5.32 Å². The molecule has 0 heterocycles. The summed E-state index contributed by atoms with van der Waals surface area (Å²) in [6, 6.07) is 14.4. The maximum atomic E-state index is 12.1. The van der Waals surface area contributed by atoms with Gasteiger partial charge in [0.1, 0.15) is 0 Å². The minimum atomic E-state index is -4.69. The van der Waals surface area contributed by atoms with Gasteiger partial charge in [0.15, 0.2) is 5.75 Å². The van der Waals surface area contributed by atoms with Crippen LogP contribution in [0.2, 0.25) is 0 Å². The van der Waals surface area contributed by atoms with Crippen LogP contribution in [-0.4, -0.2) is 18.9 Å². The van der Waals surface area contributed by atoms with Gasteiger partial charge in [-0.1, -0.05) is 30.3 Å². The van der Waals surface area contributed by atoms with Crippen LogP contribution in [0.5, 0.6) is 5.75 Å². The third-order valence-electron chi connectivity index (χ3n) is 2.36. The summed E-state index contributed by atoms with van der Waals surface area (Å²) in [5.41, 5.74) is 0.549. The van der Waals surface area contributed by atoms with E-state index in [2.05, 4.69) is 9.50 Å². The first-order valence-electron chi connectivity index (χ1n) is 5.58. The molecule has 7 heteroatoms. The second-order valence-electron chi connectivity index (χ2n) is 3.83. The molecule has 0 unspecified atom stereocenters. The van der Waals surface area contributed by atoms with E-state index >= 15 is 0 Å². The summed E-state index contributed by atoms with van der Waals surface area (Å²) in [5.74, 6) is -0.793. The molecule has 0 spiro atoms. The summed E-state index contributed by atoms with van der Waals surface area (Å²) in [7, 11) is -4.69. The Labute approximate surface area is 116 Å². The fourth-order valence-electron chi connectivity index (χ4n) is 1.56. The van der Waals surface area contributed by atoms with Gasteiger partial charge < -0.3 is 9.50 Å². The number of amides is 1. The highest BCUT2D eigenvalue weighted by atomic mass is 32.3. The van der Waals surface area contributed by atoms with Crippen LogP contribution in [-0.2, 0) is 10.4 Å². The van der Waals surface area contributed by atoms with Gasteiger partial charge in [0.25, 0.3) is 5.91 Å². The molecule has 0 aromatic heterocycles. The Morgan fingerprint density at radius 1 is 1.00 bits per heavy atom. The van der Waals surface area contributed by atoms with Gasteiger partial charge in [0, 0.05) is 5.69 Å². The van der Waals surface area contributed by atoms with Crippen molar-refractivity contribution < 1.29 is 21.9 Å². The van der Waals surface area contributed by atoms with Crippen molar-refractivity contribution in [3.05, 3.63) is 60.2 Å². The number of carbonyl (C=O) groups is 1. The molecule has 1 amide bonds. The predicted octanol–water partition coefficient (Wildman–Crippen LogP) is 2.12. The molecular weight excluding hydrogens is 282 g/mol. The van der Waals surface area contributed by atoms with Crippen LogP contribution < -0.4 is 9.50 Å². The highest BCUT2D eigenvalue weighted by Crippen LogP contribution is 2.20. The van der Waals surface area contributed by atoms with E-state index in [4.69, 9.17) is 4.55 Å². The van der Waals surface area contributed by atoms with Gasteiger partial charge in [0.2, 0.25) is 0 Å². The number of para-hydroxylation sites is 2. The SMILES string of the molecule is O=C(Nc1ccccc1)c1ccccc1OS(=O)(=O)O. The Morgan fingerprint density at radius 3 is 2.25 bits per heavy atom. The molecule has 6 nitrogen and oxygen atoms in total. The Morgan fingerprint density at radius 2 is 1.60 bits per heavy atom. The summed E-state index contributed by atoms with van der Waals surface area (Å²) in [5, 5.41) is 2.59. The number of nitrogens with one attached hydrogen (secondary N) is 1. The molecule has 104 valence electrons. The van der Waals surface area contributed by atoms with E-state index in [-0.39, 0.29) is 11.3 Å². The molecule has 0 bridgehead atoms. The summed E-state index contributed by atoms with van der Waals surface area (Å²) in [6.07, 6.45) is 0. The van der Waals surface area contributed by atoms with E-state index in [1.54, 1.807) is 36.4 Å². The minimum Gasteiger partial charge on any atom is -0.361 e. The molecule has 0 aliphatic rings. The van der Waals surface area contributed by atoms with Crippen molar-refractivity contribution in [3.63, 3.8) is 0 Å². The lowest BCUT2D eigenvalue weighted by Crippen LogP contribution is -2.15. The smallest absolute Gasteiger partial charge is 0.361 e. The zero-order valence-corrected chi connectivity index (χ0v) is 11.0. The Balaban J connectivity index is 2.26. The number of hydrogen-bond acceptors (Lipinski definition) is 4. The quantitative estimate of drug-likeness (QED) is 0.842. The maximum Gasteiger partial charge on any atom is 0.446 e. The molecule has 2 aromatic carbocycles. The first-order chi connectivity index (χ1) is 9.46. The van der Waals surface area contributed by atoms with E-state index in [1.165, 1.54) is 18.2 Å². The lowest BCUT2D eigenvalue weighted by atomic mass is 10.2. The van der Waals surface area contributed by atoms with Crippen LogP contribution in [0.1, 0.15) is 10.4 Å². The zero-order valence-electron chi connectivity index (χ0n) is 10.2. The molecule has 0 radical (unpaired) electrons. The largest absolute Gasteiger partial charge is 0.446 e. The molecule has 0 saturated carbocycles. The third kappa shape index (κ3) is 3.81. The monoisotopic (exact) mass is 293 g/mol. The fourth-order valence-corrected chi connectivity index (χ4v) is 1.93. The van der Waals surface area contributed by atoms with E-state index in [9.17, 15) is 13.2 Å². The lowest BCUT2D eigenvalue weighted by Gasteiger charge is -2.09. The van der Waals surface area contributed by atoms with Crippen molar-refractivity contribution in [1.82, 2.24) is 0 Å². The van der Waals surface area contributed by atoms with E-state index in [0.717, 1.165) is 0 Å². The normalized spacial score (nSPS) is 10.8. The van der Waals surface area contributed by atoms with Crippen LogP contribution in [0, 0.1) is 0 Å². The molecule has 2 rings (SSSR count). The maximum absolute atomic E-state index is 12.1. The van der Waals surface area contributed by atoms with Gasteiger partial charge in [-0.3, -0.25) is 9.35 Å². The van der Waals surface area contributed by atoms with Crippen molar-refractivity contribution >= 4 is 22.0 Å². The summed E-state index contributed by atoms with van der Waals surface area (Å²) < 4.78 is 34.5. The first kappa shape index (κ1) is 14.0. The van der Waals surface area contributed by atoms with Crippen molar-refractivity contribution in [2.45, 2.75) is 0 Å². The molecule has 2 aromatic rings. The molecule has 0 aliphatic carbocycles. The second kappa shape index (κ2) is 5.72. The highest BCUT2D eigenvalue weighted by Gasteiger charge is 2.16. The number of rotatable bonds is 4. The first-order valence-corrected chi connectivity index (χ1v) is 6.94. The third-order valence-corrected chi connectivity index (χ3v) is 2.75. The molecule has 0 fully saturated rings. The minimum absolute atomic E-state index is 0.00558. The standard InChI is InChI=1S/C13H11NO5S/c15-13(14-10-6-2-1-3-7-10)11-8-4-5-9-12(11)19-20(16,17)18/h1-9H,(H,14,15)(H,16,17,18). The average Bonchev–Trinajstić information content (AvgIpc) is 2.38. The Hall–Kier alpha value is -2.38. The lowest BCUT2D eigenvalue weighted by molar-refractivity contribution is 0.102. The van der Waals surface area contributed by atoms with Gasteiger partial charge in [-0.25, -0.2) is 0 Å². The van der Waals surface area contributed by atoms with Crippen LogP contribution in [0.15, 0.2) is 54.6 Å². The van der Waals surface area contributed by atoms with Crippen molar-refractivity contribution in [1.29, 1.82) is 0 Å². The summed E-state index contributed by atoms with van der Waals surface area (Å²) in [4.78, 5) is 12.1. The Kier molecular flexibility index (Phi) is 4.02. The van der Waals surface area contributed by atoms with E-state index in [0.29, 0.717) is 5.69 Å². The number of benzene rings is 2. The number of hydrogen-bond donors (Lipinski definition) is 2.